The molecule has 2 amide bonds. The van der Waals surface area contributed by atoms with Crippen LogP contribution in [0, 0.1) is 0 Å². The zero-order valence-electron chi connectivity index (χ0n) is 28.0. The highest BCUT2D eigenvalue weighted by atomic mass is 16.5. The average molecular weight is 715 g/mol. The fourth-order valence-electron chi connectivity index (χ4n) is 6.31. The lowest BCUT2D eigenvalue weighted by Crippen LogP contribution is -2.29. The molecule has 54 heavy (non-hydrogen) atoms. The molecule has 1 aliphatic rings. The number of carbonyl (C=O) groups excluding carboxylic acids is 2. The van der Waals surface area contributed by atoms with E-state index in [9.17, 15) is 24.9 Å². The van der Waals surface area contributed by atoms with Gasteiger partial charge in [-0.15, -0.1) is 10.2 Å². The average Bonchev–Trinajstić information content (AvgIpc) is 3.86. The summed E-state index contributed by atoms with van der Waals surface area (Å²) in [6.07, 6.45) is 0. The van der Waals surface area contributed by atoms with Gasteiger partial charge in [-0.1, -0.05) is 12.1 Å². The van der Waals surface area contributed by atoms with E-state index < -0.39 is 0 Å². The fourth-order valence-corrected chi connectivity index (χ4v) is 6.31. The van der Waals surface area contributed by atoms with Gasteiger partial charge in [-0.25, -0.2) is 4.90 Å². The van der Waals surface area contributed by atoms with Crippen LogP contribution < -0.4 is 14.4 Å². The van der Waals surface area contributed by atoms with E-state index in [1.54, 1.807) is 121 Å². The predicted molar refractivity (Wildman–Crippen MR) is 198 cm³/mol. The Bertz CT molecular complexity index is 2680. The Hall–Kier alpha value is -7.86. The Labute approximate surface area is 305 Å². The standard InChI is InChI=1S/C42H26N4O8/c47-28-13-22-35-36(23-28)42(51)46(41(35)50)27-11-20-32(21-12-27)53-30-16-7-25(8-17-30)38-44-43-37(54-38)24-5-14-29(15-6-24)52-31-18-9-26(10-19-31)45-39(48)33-3-1-2-4-34(33)40(45)49/h1-23,47,50-51H. The van der Waals surface area contributed by atoms with Gasteiger partial charge in [0.1, 0.15) is 28.7 Å². The molecule has 0 aliphatic carbocycles. The van der Waals surface area contributed by atoms with Crippen molar-refractivity contribution in [3.8, 4) is 69.1 Å². The topological polar surface area (TPSA) is 160 Å². The highest BCUT2D eigenvalue weighted by Gasteiger charge is 2.36. The van der Waals surface area contributed by atoms with E-state index >= 15 is 0 Å². The van der Waals surface area contributed by atoms with Crippen molar-refractivity contribution in [2.24, 2.45) is 0 Å². The molecule has 1 aliphatic heterocycles. The maximum absolute atomic E-state index is 12.8. The van der Waals surface area contributed by atoms with Crippen LogP contribution in [-0.4, -0.2) is 41.9 Å². The molecule has 0 saturated heterocycles. The SMILES string of the molecule is O=C1c2ccccc2C(=O)N1c1ccc(Oc2ccc(-c3nnc(-c4ccc(Oc5ccc(-n6c(O)c7ccc(O)cc7c6O)cc5)cc4)o3)cc2)cc1. The minimum absolute atomic E-state index is 0.0194. The zero-order chi connectivity index (χ0) is 36.9. The molecule has 3 heterocycles. The molecule has 0 atom stereocenters. The number of phenolic OH excluding ortho intramolecular Hbond substituents is 1. The van der Waals surface area contributed by atoms with E-state index in [4.69, 9.17) is 13.9 Å². The van der Waals surface area contributed by atoms with Gasteiger partial charge in [-0.2, -0.15) is 0 Å². The van der Waals surface area contributed by atoms with Crippen LogP contribution in [-0.2, 0) is 0 Å². The monoisotopic (exact) mass is 714 g/mol. The second-order valence-corrected chi connectivity index (χ2v) is 12.4. The number of carbonyl (C=O) groups is 2. The van der Waals surface area contributed by atoms with Gasteiger partial charge in [0.25, 0.3) is 11.8 Å². The van der Waals surface area contributed by atoms with E-state index in [1.807, 2.05) is 0 Å². The summed E-state index contributed by atoms with van der Waals surface area (Å²) in [5.41, 5.74) is 3.12. The quantitative estimate of drug-likeness (QED) is 0.130. The first-order valence-electron chi connectivity index (χ1n) is 16.6. The molecule has 0 fully saturated rings. The summed E-state index contributed by atoms with van der Waals surface area (Å²) in [5.74, 6) is 1.77. The number of aromatic nitrogens is 3. The number of imide groups is 1. The highest BCUT2D eigenvalue weighted by Crippen LogP contribution is 2.41. The zero-order valence-corrected chi connectivity index (χ0v) is 28.0. The molecule has 0 spiro atoms. The smallest absolute Gasteiger partial charge is 0.266 e. The van der Waals surface area contributed by atoms with Gasteiger partial charge in [0, 0.05) is 16.5 Å². The minimum atomic E-state index is -0.354. The van der Waals surface area contributed by atoms with Gasteiger partial charge in [-0.3, -0.25) is 14.2 Å². The summed E-state index contributed by atoms with van der Waals surface area (Å²) in [6.45, 7) is 0. The van der Waals surface area contributed by atoms with E-state index in [-0.39, 0.29) is 29.3 Å². The Morgan fingerprint density at radius 1 is 0.500 bits per heavy atom. The van der Waals surface area contributed by atoms with Crippen molar-refractivity contribution in [1.29, 1.82) is 0 Å². The van der Waals surface area contributed by atoms with Crippen LogP contribution in [0.3, 0.4) is 0 Å². The molecule has 9 rings (SSSR count). The lowest BCUT2D eigenvalue weighted by molar-refractivity contribution is 0.0926. The number of ether oxygens (including phenoxy) is 2. The molecule has 0 radical (unpaired) electrons. The molecule has 262 valence electrons. The first-order chi connectivity index (χ1) is 26.3. The third kappa shape index (κ3) is 5.60. The molecule has 6 aromatic carbocycles. The molecule has 12 heteroatoms. The van der Waals surface area contributed by atoms with Crippen molar-refractivity contribution < 1.29 is 38.8 Å². The Morgan fingerprint density at radius 3 is 1.44 bits per heavy atom. The van der Waals surface area contributed by atoms with Crippen molar-refractivity contribution in [1.82, 2.24) is 14.8 Å². The number of anilines is 1. The van der Waals surface area contributed by atoms with Crippen LogP contribution in [0.2, 0.25) is 0 Å². The number of aromatic hydroxyl groups is 3. The van der Waals surface area contributed by atoms with E-state index in [1.165, 1.54) is 22.8 Å². The van der Waals surface area contributed by atoms with Crippen molar-refractivity contribution in [2.75, 3.05) is 4.90 Å². The lowest BCUT2D eigenvalue weighted by atomic mass is 10.1. The van der Waals surface area contributed by atoms with Crippen LogP contribution in [0.4, 0.5) is 5.69 Å². The van der Waals surface area contributed by atoms with E-state index in [0.717, 1.165) is 4.90 Å². The maximum Gasteiger partial charge on any atom is 0.266 e. The minimum Gasteiger partial charge on any atom is -0.508 e. The lowest BCUT2D eigenvalue weighted by Gasteiger charge is -2.14. The largest absolute Gasteiger partial charge is 0.508 e. The summed E-state index contributed by atoms with van der Waals surface area (Å²) < 4.78 is 19.2. The third-order valence-electron chi connectivity index (χ3n) is 8.99. The molecule has 0 saturated carbocycles. The van der Waals surface area contributed by atoms with Gasteiger partial charge >= 0.3 is 0 Å². The highest BCUT2D eigenvalue weighted by molar-refractivity contribution is 6.34. The molecule has 0 bridgehead atoms. The molecule has 3 N–H and O–H groups in total. The number of benzene rings is 6. The Kier molecular flexibility index (Phi) is 7.56. The van der Waals surface area contributed by atoms with Crippen molar-refractivity contribution >= 4 is 28.3 Å². The number of hydrogen-bond donors (Lipinski definition) is 3. The van der Waals surface area contributed by atoms with Crippen LogP contribution in [0.15, 0.2) is 144 Å². The predicted octanol–water partition coefficient (Wildman–Crippen LogP) is 8.85. The number of rotatable bonds is 8. The summed E-state index contributed by atoms with van der Waals surface area (Å²) in [6, 6.07) is 39.0. The van der Waals surface area contributed by atoms with Crippen LogP contribution in [0.5, 0.6) is 40.5 Å². The van der Waals surface area contributed by atoms with Gasteiger partial charge in [0.05, 0.1) is 27.9 Å². The number of amides is 2. The van der Waals surface area contributed by atoms with Crippen molar-refractivity contribution in [2.45, 2.75) is 0 Å². The van der Waals surface area contributed by atoms with Gasteiger partial charge in [-0.05, 0) is 127 Å². The molecular formula is C42H26N4O8. The van der Waals surface area contributed by atoms with Crippen molar-refractivity contribution in [3.63, 3.8) is 0 Å². The maximum atomic E-state index is 12.8. The summed E-state index contributed by atoms with van der Waals surface area (Å²) in [7, 11) is 0. The van der Waals surface area contributed by atoms with Gasteiger partial charge in [0.15, 0.2) is 0 Å². The first kappa shape index (κ1) is 32.1. The van der Waals surface area contributed by atoms with Crippen LogP contribution in [0.1, 0.15) is 20.7 Å². The normalized spacial score (nSPS) is 12.3. The summed E-state index contributed by atoms with van der Waals surface area (Å²) in [5, 5.41) is 40.3. The molecular weight excluding hydrogens is 688 g/mol. The summed E-state index contributed by atoms with van der Waals surface area (Å²) in [4.78, 5) is 26.8. The Morgan fingerprint density at radius 2 is 0.944 bits per heavy atom. The number of nitrogens with zero attached hydrogens (tertiary/aromatic N) is 4. The van der Waals surface area contributed by atoms with Gasteiger partial charge in [0.2, 0.25) is 23.5 Å². The van der Waals surface area contributed by atoms with Crippen molar-refractivity contribution in [3.05, 3.63) is 151 Å². The second kappa shape index (κ2) is 12.7. The number of hydrogen-bond acceptors (Lipinski definition) is 10. The van der Waals surface area contributed by atoms with E-state index in [2.05, 4.69) is 10.2 Å². The molecule has 12 nitrogen and oxygen atoms in total. The number of phenols is 1. The Balaban J connectivity index is 0.830. The van der Waals surface area contributed by atoms with E-state index in [0.29, 0.717) is 79.2 Å². The van der Waals surface area contributed by atoms with Crippen LogP contribution >= 0.6 is 0 Å². The molecule has 8 aromatic rings. The first-order valence-corrected chi connectivity index (χ1v) is 16.6. The summed E-state index contributed by atoms with van der Waals surface area (Å²) >= 11 is 0. The fraction of sp³-hybridized carbons (Fsp3) is 0. The molecule has 0 unspecified atom stereocenters. The molecule has 2 aromatic heterocycles. The van der Waals surface area contributed by atoms with Gasteiger partial charge < -0.3 is 29.2 Å². The second-order valence-electron chi connectivity index (χ2n) is 12.4. The number of fused-ring (bicyclic) bond motifs is 2. The third-order valence-corrected chi connectivity index (χ3v) is 8.99. The van der Waals surface area contributed by atoms with Crippen LogP contribution in [0.25, 0.3) is 39.4 Å².